The van der Waals surface area contributed by atoms with Crippen LogP contribution in [0, 0.1) is 11.3 Å². The minimum Gasteiger partial charge on any atom is -0.481 e. The van der Waals surface area contributed by atoms with Gasteiger partial charge in [-0.05, 0) is 26.2 Å². The lowest BCUT2D eigenvalue weighted by atomic mass is 9.75. The minimum absolute atomic E-state index is 0.0546. The second-order valence-electron chi connectivity index (χ2n) is 4.86. The number of nitrogens with zero attached hydrogens (tertiary/aromatic N) is 2. The van der Waals surface area contributed by atoms with Gasteiger partial charge >= 0.3 is 6.18 Å². The Hall–Kier alpha value is -1.81. The van der Waals surface area contributed by atoms with Crippen molar-refractivity contribution >= 4 is 0 Å². The summed E-state index contributed by atoms with van der Waals surface area (Å²) in [5, 5.41) is 19.0. The van der Waals surface area contributed by atoms with Crippen LogP contribution in [0.2, 0.25) is 0 Å². The molecule has 0 radical (unpaired) electrons. The van der Waals surface area contributed by atoms with Crippen molar-refractivity contribution in [2.24, 2.45) is 0 Å². The highest BCUT2D eigenvalue weighted by atomic mass is 19.4. The summed E-state index contributed by atoms with van der Waals surface area (Å²) in [4.78, 5) is 3.79. The predicted octanol–water partition coefficient (Wildman–Crippen LogP) is 2.65. The number of hydrogen-bond donors (Lipinski definition) is 1. The van der Waals surface area contributed by atoms with Crippen LogP contribution >= 0.6 is 0 Å². The molecule has 1 fully saturated rings. The number of hydrogen-bond acceptors (Lipinski definition) is 4. The van der Waals surface area contributed by atoms with Crippen molar-refractivity contribution in [1.82, 2.24) is 4.98 Å². The lowest BCUT2D eigenvalue weighted by Gasteiger charge is -2.38. The first-order chi connectivity index (χ1) is 9.26. The van der Waals surface area contributed by atoms with Gasteiger partial charge in [-0.3, -0.25) is 0 Å². The number of ether oxygens (including phenoxy) is 1. The van der Waals surface area contributed by atoms with Crippen molar-refractivity contribution in [1.29, 1.82) is 5.26 Å². The predicted molar refractivity (Wildman–Crippen MR) is 62.8 cm³/mol. The molecule has 1 N–H and O–H groups in total. The quantitative estimate of drug-likeness (QED) is 0.927. The Balaban J connectivity index is 2.36. The molecule has 108 valence electrons. The number of alkyl halides is 3. The SMILES string of the molecule is C[C@H](Oc1cc(C#N)ncc1C1(O)CCC1)C(F)(F)F. The lowest BCUT2D eigenvalue weighted by molar-refractivity contribution is -0.190. The van der Waals surface area contributed by atoms with Crippen LogP contribution in [-0.4, -0.2) is 22.4 Å². The molecule has 4 nitrogen and oxygen atoms in total. The normalized spacial score (nSPS) is 18.8. The van der Waals surface area contributed by atoms with E-state index in [0.717, 1.165) is 19.4 Å². The zero-order chi connectivity index (χ0) is 15.0. The Kier molecular flexibility index (Phi) is 3.61. The van der Waals surface area contributed by atoms with Crippen molar-refractivity contribution in [3.05, 3.63) is 23.5 Å². The maximum atomic E-state index is 12.6. The molecule has 1 aromatic rings. The second kappa shape index (κ2) is 4.94. The number of pyridine rings is 1. The van der Waals surface area contributed by atoms with Gasteiger partial charge in [-0.1, -0.05) is 0 Å². The molecule has 1 saturated carbocycles. The highest BCUT2D eigenvalue weighted by Crippen LogP contribution is 2.45. The smallest absolute Gasteiger partial charge is 0.425 e. The van der Waals surface area contributed by atoms with Gasteiger partial charge in [-0.15, -0.1) is 0 Å². The van der Waals surface area contributed by atoms with Crippen molar-refractivity contribution in [2.75, 3.05) is 0 Å². The Morgan fingerprint density at radius 1 is 1.50 bits per heavy atom. The average molecular weight is 286 g/mol. The van der Waals surface area contributed by atoms with Crippen LogP contribution in [0.15, 0.2) is 12.3 Å². The van der Waals surface area contributed by atoms with Crippen LogP contribution in [0.4, 0.5) is 13.2 Å². The molecule has 1 atom stereocenters. The molecule has 1 aliphatic rings. The highest BCUT2D eigenvalue weighted by molar-refractivity contribution is 5.41. The molecule has 1 heterocycles. The zero-order valence-electron chi connectivity index (χ0n) is 10.7. The van der Waals surface area contributed by atoms with Crippen LogP contribution in [-0.2, 0) is 5.60 Å². The first kappa shape index (κ1) is 14.6. The van der Waals surface area contributed by atoms with Gasteiger partial charge in [0.05, 0.1) is 5.60 Å². The topological polar surface area (TPSA) is 66.1 Å². The minimum atomic E-state index is -4.52. The molecule has 0 spiro atoms. The van der Waals surface area contributed by atoms with Gasteiger partial charge in [0.2, 0.25) is 0 Å². The van der Waals surface area contributed by atoms with Gasteiger partial charge in [-0.25, -0.2) is 4.98 Å². The molecule has 0 aromatic carbocycles. The molecule has 0 amide bonds. The first-order valence-corrected chi connectivity index (χ1v) is 6.12. The summed E-state index contributed by atoms with van der Waals surface area (Å²) in [5.74, 6) is -0.136. The molecule has 20 heavy (non-hydrogen) atoms. The van der Waals surface area contributed by atoms with Gasteiger partial charge in [0.1, 0.15) is 17.5 Å². The van der Waals surface area contributed by atoms with E-state index in [1.54, 1.807) is 6.07 Å². The highest BCUT2D eigenvalue weighted by Gasteiger charge is 2.42. The Labute approximate surface area is 113 Å². The van der Waals surface area contributed by atoms with Gasteiger partial charge < -0.3 is 9.84 Å². The third-order valence-electron chi connectivity index (χ3n) is 3.43. The summed E-state index contributed by atoms with van der Waals surface area (Å²) in [5.41, 5.74) is -1.05. The van der Waals surface area contributed by atoms with Crippen LogP contribution in [0.25, 0.3) is 0 Å². The number of rotatable bonds is 3. The van der Waals surface area contributed by atoms with E-state index in [2.05, 4.69) is 4.98 Å². The van der Waals surface area contributed by atoms with Gasteiger partial charge in [0.15, 0.2) is 6.10 Å². The van der Waals surface area contributed by atoms with E-state index in [0.29, 0.717) is 12.8 Å². The molecule has 1 aromatic heterocycles. The van der Waals surface area contributed by atoms with Crippen molar-refractivity contribution in [3.8, 4) is 11.8 Å². The molecule has 0 unspecified atom stereocenters. The summed E-state index contributed by atoms with van der Waals surface area (Å²) < 4.78 is 42.6. The molecular formula is C13H13F3N2O2. The van der Waals surface area contributed by atoms with Gasteiger partial charge in [-0.2, -0.15) is 18.4 Å². The summed E-state index contributed by atoms with van der Waals surface area (Å²) in [6.07, 6.45) is -3.66. The number of aliphatic hydroxyl groups is 1. The Morgan fingerprint density at radius 3 is 2.60 bits per heavy atom. The van der Waals surface area contributed by atoms with E-state index in [1.807, 2.05) is 0 Å². The Bertz CT molecular complexity index is 548. The van der Waals surface area contributed by atoms with E-state index in [4.69, 9.17) is 10.00 Å². The largest absolute Gasteiger partial charge is 0.481 e. The van der Waals surface area contributed by atoms with E-state index in [1.165, 1.54) is 6.20 Å². The molecule has 2 rings (SSSR count). The van der Waals surface area contributed by atoms with Crippen molar-refractivity contribution in [2.45, 2.75) is 44.1 Å². The van der Waals surface area contributed by atoms with E-state index < -0.39 is 17.9 Å². The second-order valence-corrected chi connectivity index (χ2v) is 4.86. The fraction of sp³-hybridized carbons (Fsp3) is 0.538. The maximum absolute atomic E-state index is 12.6. The van der Waals surface area contributed by atoms with Crippen LogP contribution < -0.4 is 4.74 Å². The molecule has 0 aliphatic heterocycles. The van der Waals surface area contributed by atoms with Crippen LogP contribution in [0.3, 0.4) is 0 Å². The molecule has 1 aliphatic carbocycles. The maximum Gasteiger partial charge on any atom is 0.425 e. The monoisotopic (exact) mass is 286 g/mol. The third kappa shape index (κ3) is 2.70. The molecule has 0 bridgehead atoms. The van der Waals surface area contributed by atoms with Crippen molar-refractivity contribution < 1.29 is 23.0 Å². The average Bonchev–Trinajstić information content (AvgIpc) is 2.34. The summed E-state index contributed by atoms with van der Waals surface area (Å²) in [6.45, 7) is 0.876. The third-order valence-corrected chi connectivity index (χ3v) is 3.43. The summed E-state index contributed by atoms with van der Waals surface area (Å²) >= 11 is 0. The lowest BCUT2D eigenvalue weighted by Crippen LogP contribution is -2.36. The molecule has 0 saturated heterocycles. The van der Waals surface area contributed by atoms with Gasteiger partial charge in [0.25, 0.3) is 0 Å². The summed E-state index contributed by atoms with van der Waals surface area (Å²) in [6, 6.07) is 2.87. The molecular weight excluding hydrogens is 273 g/mol. The fourth-order valence-electron chi connectivity index (χ4n) is 1.98. The zero-order valence-corrected chi connectivity index (χ0v) is 10.7. The van der Waals surface area contributed by atoms with Crippen molar-refractivity contribution in [3.63, 3.8) is 0 Å². The number of halogens is 3. The standard InChI is InChI=1S/C13H13F3N2O2/c1-8(13(14,15)16)20-11-5-9(6-17)18-7-10(11)12(19)3-2-4-12/h5,7-8,19H,2-4H2,1H3/t8-/m0/s1. The first-order valence-electron chi connectivity index (χ1n) is 6.12. The van der Waals surface area contributed by atoms with E-state index in [9.17, 15) is 18.3 Å². The molecule has 7 heteroatoms. The van der Waals surface area contributed by atoms with E-state index >= 15 is 0 Å². The van der Waals surface area contributed by atoms with E-state index in [-0.39, 0.29) is 17.0 Å². The number of aromatic nitrogens is 1. The summed E-state index contributed by atoms with van der Waals surface area (Å²) in [7, 11) is 0. The van der Waals surface area contributed by atoms with Crippen LogP contribution in [0.1, 0.15) is 37.4 Å². The van der Waals surface area contributed by atoms with Gasteiger partial charge in [0, 0.05) is 17.8 Å². The number of nitriles is 1. The van der Waals surface area contributed by atoms with Crippen LogP contribution in [0.5, 0.6) is 5.75 Å². The fourth-order valence-corrected chi connectivity index (χ4v) is 1.98. The Morgan fingerprint density at radius 2 is 2.15 bits per heavy atom.